The van der Waals surface area contributed by atoms with E-state index in [0.717, 1.165) is 42.1 Å². The molecule has 1 saturated carbocycles. The van der Waals surface area contributed by atoms with Crippen molar-refractivity contribution in [1.82, 2.24) is 19.7 Å². The molecule has 2 aliphatic heterocycles. The zero-order valence-corrected chi connectivity index (χ0v) is 16.7. The van der Waals surface area contributed by atoms with E-state index in [2.05, 4.69) is 11.1 Å². The van der Waals surface area contributed by atoms with Crippen LogP contribution in [0.4, 0.5) is 4.79 Å². The Morgan fingerprint density at radius 2 is 1.90 bits per heavy atom. The lowest BCUT2D eigenvalue weighted by molar-refractivity contribution is -0.140. The monoisotopic (exact) mass is 394 g/mol. The maximum atomic E-state index is 13.1. The van der Waals surface area contributed by atoms with E-state index in [1.54, 1.807) is 16.8 Å². The summed E-state index contributed by atoms with van der Waals surface area (Å²) in [7, 11) is 1.70. The molecule has 0 radical (unpaired) electrons. The zero-order chi connectivity index (χ0) is 20.2. The molecule has 2 fully saturated rings. The molecule has 7 nitrogen and oxygen atoms in total. The summed E-state index contributed by atoms with van der Waals surface area (Å²) < 4.78 is 0. The van der Waals surface area contributed by atoms with Gasteiger partial charge < -0.3 is 14.8 Å². The fraction of sp³-hybridized carbons (Fsp3) is 0.500. The van der Waals surface area contributed by atoms with Gasteiger partial charge in [0.05, 0.1) is 0 Å². The van der Waals surface area contributed by atoms with Gasteiger partial charge in [-0.15, -0.1) is 0 Å². The van der Waals surface area contributed by atoms with Crippen LogP contribution in [-0.2, 0) is 22.6 Å². The first-order valence-electron chi connectivity index (χ1n) is 10.5. The van der Waals surface area contributed by atoms with Gasteiger partial charge in [-0.2, -0.15) is 0 Å². The topological polar surface area (TPSA) is 76.7 Å². The normalized spacial score (nSPS) is 21.3. The largest absolute Gasteiger partial charge is 0.358 e. The number of H-pyrrole nitrogens is 1. The van der Waals surface area contributed by atoms with E-state index >= 15 is 0 Å². The molecular formula is C22H26N4O3. The van der Waals surface area contributed by atoms with Gasteiger partial charge in [-0.25, -0.2) is 4.79 Å². The van der Waals surface area contributed by atoms with E-state index < -0.39 is 5.54 Å². The Bertz CT molecular complexity index is 1000. The lowest BCUT2D eigenvalue weighted by Gasteiger charge is -2.35. The lowest BCUT2D eigenvalue weighted by atomic mass is 9.81. The predicted molar refractivity (Wildman–Crippen MR) is 108 cm³/mol. The molecule has 0 unspecified atom stereocenters. The second kappa shape index (κ2) is 6.61. The van der Waals surface area contributed by atoms with Crippen molar-refractivity contribution in [3.63, 3.8) is 0 Å². The van der Waals surface area contributed by atoms with Crippen molar-refractivity contribution in [2.75, 3.05) is 20.1 Å². The molecule has 152 valence electrons. The van der Waals surface area contributed by atoms with Gasteiger partial charge in [0.25, 0.3) is 5.91 Å². The number of aromatic amines is 1. The molecular weight excluding hydrogens is 368 g/mol. The maximum absolute atomic E-state index is 13.1. The molecule has 3 aliphatic rings. The fourth-order valence-electron chi connectivity index (χ4n) is 5.29. The van der Waals surface area contributed by atoms with Crippen molar-refractivity contribution in [2.45, 2.75) is 50.6 Å². The number of imide groups is 1. The van der Waals surface area contributed by atoms with E-state index in [-0.39, 0.29) is 24.4 Å². The number of hydrogen-bond donors (Lipinski definition) is 1. The van der Waals surface area contributed by atoms with Crippen molar-refractivity contribution in [3.05, 3.63) is 35.5 Å². The highest BCUT2D eigenvalue weighted by molar-refractivity contribution is 6.09. The Morgan fingerprint density at radius 1 is 1.14 bits per heavy atom. The van der Waals surface area contributed by atoms with Crippen molar-refractivity contribution in [1.29, 1.82) is 0 Å². The number of carbonyl (C=O) groups is 3. The van der Waals surface area contributed by atoms with Gasteiger partial charge in [0.1, 0.15) is 12.1 Å². The van der Waals surface area contributed by atoms with E-state index in [9.17, 15) is 14.4 Å². The number of likely N-dealkylation sites (N-methyl/N-ethyl adjacent to an activating group) is 1. The zero-order valence-electron chi connectivity index (χ0n) is 16.7. The summed E-state index contributed by atoms with van der Waals surface area (Å²) in [6.07, 6.45) is 5.13. The first-order chi connectivity index (χ1) is 14.0. The molecule has 1 aliphatic carbocycles. The number of benzene rings is 1. The molecule has 1 N–H and O–H groups in total. The van der Waals surface area contributed by atoms with Gasteiger partial charge in [0.2, 0.25) is 5.91 Å². The van der Waals surface area contributed by atoms with Gasteiger partial charge >= 0.3 is 6.03 Å². The van der Waals surface area contributed by atoms with Crippen molar-refractivity contribution in [2.24, 2.45) is 0 Å². The van der Waals surface area contributed by atoms with Crippen LogP contribution in [0.3, 0.4) is 0 Å². The Balaban J connectivity index is 1.34. The molecule has 5 rings (SSSR count). The summed E-state index contributed by atoms with van der Waals surface area (Å²) in [4.78, 5) is 47.0. The van der Waals surface area contributed by atoms with Crippen molar-refractivity contribution < 1.29 is 14.4 Å². The number of nitrogens with zero attached hydrogens (tertiary/aromatic N) is 3. The molecule has 1 aromatic heterocycles. The second-order valence-corrected chi connectivity index (χ2v) is 8.52. The minimum absolute atomic E-state index is 0.163. The average Bonchev–Trinajstić information content (AvgIpc) is 3.20. The predicted octanol–water partition coefficient (Wildman–Crippen LogP) is 2.65. The van der Waals surface area contributed by atoms with Crippen LogP contribution in [0.25, 0.3) is 10.9 Å². The van der Waals surface area contributed by atoms with Crippen LogP contribution in [0.5, 0.6) is 0 Å². The number of para-hydroxylation sites is 1. The van der Waals surface area contributed by atoms with Crippen LogP contribution in [0.1, 0.15) is 43.4 Å². The standard InChI is InChI=1S/C22H26N4O3/c1-24-21(29)26(20(28)22(24)10-5-2-6-11-22)14-19(27)25-12-9-18-16(13-25)15-7-3-4-8-17(15)23-18/h3-4,7-8,23H,2,5-6,9-14H2,1H3. The van der Waals surface area contributed by atoms with E-state index in [0.29, 0.717) is 25.9 Å². The number of amides is 4. The van der Waals surface area contributed by atoms with Gasteiger partial charge in [-0.1, -0.05) is 37.5 Å². The second-order valence-electron chi connectivity index (χ2n) is 8.52. The van der Waals surface area contributed by atoms with E-state index in [1.165, 1.54) is 10.6 Å². The number of rotatable bonds is 2. The molecule has 1 saturated heterocycles. The maximum Gasteiger partial charge on any atom is 0.327 e. The summed E-state index contributed by atoms with van der Waals surface area (Å²) >= 11 is 0. The number of aromatic nitrogens is 1. The molecule has 1 spiro atoms. The van der Waals surface area contributed by atoms with Gasteiger partial charge in [-0.3, -0.25) is 14.5 Å². The molecule has 2 aromatic rings. The minimum atomic E-state index is -0.735. The molecule has 3 heterocycles. The van der Waals surface area contributed by atoms with Crippen molar-refractivity contribution >= 4 is 28.7 Å². The lowest BCUT2D eigenvalue weighted by Crippen LogP contribution is -2.50. The van der Waals surface area contributed by atoms with E-state index in [1.807, 2.05) is 18.2 Å². The third-order valence-electron chi connectivity index (χ3n) is 7.01. The Labute approximate surface area is 169 Å². The van der Waals surface area contributed by atoms with Gasteiger partial charge in [0, 0.05) is 48.7 Å². The minimum Gasteiger partial charge on any atom is -0.358 e. The molecule has 1 aromatic carbocycles. The highest BCUT2D eigenvalue weighted by Crippen LogP contribution is 2.39. The smallest absolute Gasteiger partial charge is 0.327 e. The molecule has 0 bridgehead atoms. The Kier molecular flexibility index (Phi) is 4.15. The number of hydrogen-bond acceptors (Lipinski definition) is 3. The summed E-state index contributed by atoms with van der Waals surface area (Å²) in [5.74, 6) is -0.355. The quantitative estimate of drug-likeness (QED) is 0.796. The summed E-state index contributed by atoms with van der Waals surface area (Å²) in [6, 6.07) is 7.76. The van der Waals surface area contributed by atoms with Crippen LogP contribution in [0, 0.1) is 0 Å². The number of carbonyl (C=O) groups excluding carboxylic acids is 3. The Morgan fingerprint density at radius 3 is 2.69 bits per heavy atom. The molecule has 4 amide bonds. The van der Waals surface area contributed by atoms with Crippen LogP contribution in [0.15, 0.2) is 24.3 Å². The average molecular weight is 394 g/mol. The Hall–Kier alpha value is -2.83. The van der Waals surface area contributed by atoms with Crippen LogP contribution in [0.2, 0.25) is 0 Å². The number of nitrogens with one attached hydrogen (secondary N) is 1. The third-order valence-corrected chi connectivity index (χ3v) is 7.01. The van der Waals surface area contributed by atoms with E-state index in [4.69, 9.17) is 0 Å². The van der Waals surface area contributed by atoms with Gasteiger partial charge in [0.15, 0.2) is 0 Å². The number of fused-ring (bicyclic) bond motifs is 3. The van der Waals surface area contributed by atoms with Crippen LogP contribution in [-0.4, -0.2) is 63.2 Å². The highest BCUT2D eigenvalue weighted by atomic mass is 16.2. The van der Waals surface area contributed by atoms with Crippen LogP contribution < -0.4 is 0 Å². The molecule has 7 heteroatoms. The fourth-order valence-corrected chi connectivity index (χ4v) is 5.29. The summed E-state index contributed by atoms with van der Waals surface area (Å²) in [5, 5.41) is 1.13. The van der Waals surface area contributed by atoms with Gasteiger partial charge in [-0.05, 0) is 18.9 Å². The number of urea groups is 1. The van der Waals surface area contributed by atoms with Crippen LogP contribution >= 0.6 is 0 Å². The summed E-state index contributed by atoms with van der Waals surface area (Å²) in [6.45, 7) is 0.937. The van der Waals surface area contributed by atoms with Crippen molar-refractivity contribution in [3.8, 4) is 0 Å². The third kappa shape index (κ3) is 2.67. The molecule has 29 heavy (non-hydrogen) atoms. The molecule has 0 atom stereocenters. The summed E-state index contributed by atoms with van der Waals surface area (Å²) in [5.41, 5.74) is 2.66. The SMILES string of the molecule is CN1C(=O)N(CC(=O)N2CCc3[nH]c4ccccc4c3C2)C(=O)C12CCCCC2. The first-order valence-corrected chi connectivity index (χ1v) is 10.5. The first kappa shape index (κ1) is 18.2. The highest BCUT2D eigenvalue weighted by Gasteiger charge is 2.56.